The average Bonchev–Trinajstić information content (AvgIpc) is 2.64. The zero-order valence-corrected chi connectivity index (χ0v) is 9.74. The summed E-state index contributed by atoms with van der Waals surface area (Å²) >= 11 is 0. The van der Waals surface area contributed by atoms with E-state index in [4.69, 9.17) is 5.73 Å². The molecule has 0 aliphatic heterocycles. The van der Waals surface area contributed by atoms with Crippen LogP contribution in [0.3, 0.4) is 0 Å². The van der Waals surface area contributed by atoms with Crippen molar-refractivity contribution in [2.24, 2.45) is 5.92 Å². The Bertz CT molecular complexity index is 345. The summed E-state index contributed by atoms with van der Waals surface area (Å²) in [5, 5.41) is 13.1. The summed E-state index contributed by atoms with van der Waals surface area (Å²) in [6.07, 6.45) is 3.05. The second-order valence-electron chi connectivity index (χ2n) is 4.68. The summed E-state index contributed by atoms with van der Waals surface area (Å²) in [5.74, 6) is 0.374. The summed E-state index contributed by atoms with van der Waals surface area (Å²) < 4.78 is 0. The molecule has 1 aromatic rings. The first kappa shape index (κ1) is 11.3. The van der Waals surface area contributed by atoms with Crippen molar-refractivity contribution in [3.63, 3.8) is 0 Å². The van der Waals surface area contributed by atoms with Gasteiger partial charge in [-0.1, -0.05) is 18.6 Å². The van der Waals surface area contributed by atoms with Crippen LogP contribution in [0.1, 0.15) is 24.8 Å². The van der Waals surface area contributed by atoms with E-state index in [0.717, 1.165) is 42.7 Å². The van der Waals surface area contributed by atoms with Gasteiger partial charge in [0, 0.05) is 12.5 Å². The third-order valence-corrected chi connectivity index (χ3v) is 3.47. The minimum Gasteiger partial charge on any atom is -0.397 e. The van der Waals surface area contributed by atoms with Crippen molar-refractivity contribution in [2.45, 2.75) is 32.3 Å². The molecule has 16 heavy (non-hydrogen) atoms. The molecule has 88 valence electrons. The molecular weight excluding hydrogens is 200 g/mol. The van der Waals surface area contributed by atoms with Gasteiger partial charge in [0.2, 0.25) is 0 Å². The SMILES string of the molecule is Cc1cccc(N)c1NCC1CCCC1O. The van der Waals surface area contributed by atoms with Crippen molar-refractivity contribution < 1.29 is 5.11 Å². The fourth-order valence-corrected chi connectivity index (χ4v) is 2.42. The number of nitrogens with one attached hydrogen (secondary N) is 1. The van der Waals surface area contributed by atoms with E-state index in [-0.39, 0.29) is 6.10 Å². The van der Waals surface area contributed by atoms with Crippen LogP contribution in [0.5, 0.6) is 0 Å². The molecule has 0 amide bonds. The number of aryl methyl sites for hydroxylation is 1. The van der Waals surface area contributed by atoms with Crippen LogP contribution in [0, 0.1) is 12.8 Å². The quantitative estimate of drug-likeness (QED) is 0.684. The number of nitrogens with two attached hydrogens (primary N) is 1. The number of aliphatic hydroxyl groups excluding tert-OH is 1. The minimum atomic E-state index is -0.141. The number of hydrogen-bond donors (Lipinski definition) is 3. The minimum absolute atomic E-state index is 0.141. The monoisotopic (exact) mass is 220 g/mol. The molecule has 0 aromatic heterocycles. The van der Waals surface area contributed by atoms with Crippen LogP contribution >= 0.6 is 0 Å². The number of rotatable bonds is 3. The Kier molecular flexibility index (Phi) is 3.34. The Morgan fingerprint density at radius 3 is 2.88 bits per heavy atom. The maximum atomic E-state index is 9.73. The molecule has 1 saturated carbocycles. The van der Waals surface area contributed by atoms with Gasteiger partial charge < -0.3 is 16.2 Å². The fraction of sp³-hybridized carbons (Fsp3) is 0.538. The maximum absolute atomic E-state index is 9.73. The third-order valence-electron chi connectivity index (χ3n) is 3.47. The van der Waals surface area contributed by atoms with Crippen molar-refractivity contribution in [2.75, 3.05) is 17.6 Å². The molecule has 1 aromatic carbocycles. The Morgan fingerprint density at radius 2 is 2.25 bits per heavy atom. The predicted molar refractivity (Wildman–Crippen MR) is 67.4 cm³/mol. The van der Waals surface area contributed by atoms with Gasteiger partial charge in [-0.05, 0) is 31.4 Å². The summed E-state index contributed by atoms with van der Waals surface area (Å²) in [6.45, 7) is 2.86. The second-order valence-corrected chi connectivity index (χ2v) is 4.68. The van der Waals surface area contributed by atoms with Gasteiger partial charge in [-0.25, -0.2) is 0 Å². The molecule has 1 aliphatic rings. The molecule has 2 unspecified atom stereocenters. The van der Waals surface area contributed by atoms with E-state index in [0.29, 0.717) is 5.92 Å². The number of nitrogen functional groups attached to an aromatic ring is 1. The molecule has 2 atom stereocenters. The van der Waals surface area contributed by atoms with Gasteiger partial charge in [-0.3, -0.25) is 0 Å². The molecule has 0 heterocycles. The van der Waals surface area contributed by atoms with E-state index in [2.05, 4.69) is 5.32 Å². The van der Waals surface area contributed by atoms with Gasteiger partial charge in [-0.15, -0.1) is 0 Å². The van der Waals surface area contributed by atoms with Gasteiger partial charge in [-0.2, -0.15) is 0 Å². The first-order valence-electron chi connectivity index (χ1n) is 5.95. The standard InChI is InChI=1S/C13H20N2O/c1-9-4-2-6-11(14)13(9)15-8-10-5-3-7-12(10)16/h2,4,6,10,12,15-16H,3,5,7-8,14H2,1H3. The number of para-hydroxylation sites is 1. The molecule has 0 spiro atoms. The zero-order valence-electron chi connectivity index (χ0n) is 9.74. The lowest BCUT2D eigenvalue weighted by atomic mass is 10.1. The van der Waals surface area contributed by atoms with E-state index in [1.165, 1.54) is 0 Å². The molecule has 1 fully saturated rings. The highest BCUT2D eigenvalue weighted by molar-refractivity contribution is 5.69. The smallest absolute Gasteiger partial charge is 0.0603 e. The van der Waals surface area contributed by atoms with Crippen molar-refractivity contribution in [3.05, 3.63) is 23.8 Å². The summed E-state index contributed by atoms with van der Waals surface area (Å²) in [4.78, 5) is 0. The Hall–Kier alpha value is -1.22. The van der Waals surface area contributed by atoms with Crippen LogP contribution in [0.4, 0.5) is 11.4 Å². The summed E-state index contributed by atoms with van der Waals surface area (Å²) in [6, 6.07) is 5.91. The van der Waals surface area contributed by atoms with E-state index in [1.54, 1.807) is 0 Å². The second kappa shape index (κ2) is 4.74. The van der Waals surface area contributed by atoms with Crippen LogP contribution in [0.25, 0.3) is 0 Å². The number of hydrogen-bond acceptors (Lipinski definition) is 3. The van der Waals surface area contributed by atoms with Gasteiger partial charge in [0.1, 0.15) is 0 Å². The topological polar surface area (TPSA) is 58.3 Å². The third kappa shape index (κ3) is 2.30. The van der Waals surface area contributed by atoms with Crippen molar-refractivity contribution in [1.82, 2.24) is 0 Å². The van der Waals surface area contributed by atoms with E-state index in [1.807, 2.05) is 25.1 Å². The number of aliphatic hydroxyl groups is 1. The molecule has 0 radical (unpaired) electrons. The van der Waals surface area contributed by atoms with Crippen molar-refractivity contribution in [3.8, 4) is 0 Å². The van der Waals surface area contributed by atoms with Crippen LogP contribution in [0.15, 0.2) is 18.2 Å². The Balaban J connectivity index is 1.99. The zero-order chi connectivity index (χ0) is 11.5. The van der Waals surface area contributed by atoms with Crippen molar-refractivity contribution in [1.29, 1.82) is 0 Å². The normalized spacial score (nSPS) is 24.6. The molecule has 4 N–H and O–H groups in total. The molecule has 3 heteroatoms. The molecule has 2 rings (SSSR count). The Morgan fingerprint density at radius 1 is 1.44 bits per heavy atom. The van der Waals surface area contributed by atoms with E-state index >= 15 is 0 Å². The lowest BCUT2D eigenvalue weighted by molar-refractivity contribution is 0.138. The predicted octanol–water partition coefficient (Wildman–Crippen LogP) is 2.15. The highest BCUT2D eigenvalue weighted by atomic mass is 16.3. The highest BCUT2D eigenvalue weighted by Crippen LogP contribution is 2.28. The molecule has 0 bridgehead atoms. The average molecular weight is 220 g/mol. The van der Waals surface area contributed by atoms with Crippen molar-refractivity contribution >= 4 is 11.4 Å². The molecular formula is C13H20N2O. The highest BCUT2D eigenvalue weighted by Gasteiger charge is 2.24. The summed E-state index contributed by atoms with van der Waals surface area (Å²) in [5.41, 5.74) is 8.88. The maximum Gasteiger partial charge on any atom is 0.0603 e. The number of anilines is 2. The van der Waals surface area contributed by atoms with Gasteiger partial charge >= 0.3 is 0 Å². The Labute approximate surface area is 96.7 Å². The number of benzene rings is 1. The van der Waals surface area contributed by atoms with E-state index < -0.39 is 0 Å². The van der Waals surface area contributed by atoms with Gasteiger partial charge in [0.05, 0.1) is 17.5 Å². The largest absolute Gasteiger partial charge is 0.397 e. The van der Waals surface area contributed by atoms with Gasteiger partial charge in [0.25, 0.3) is 0 Å². The first-order valence-corrected chi connectivity index (χ1v) is 5.95. The molecule has 0 saturated heterocycles. The van der Waals surface area contributed by atoms with E-state index in [9.17, 15) is 5.11 Å². The molecule has 1 aliphatic carbocycles. The van der Waals surface area contributed by atoms with Crippen LogP contribution in [0.2, 0.25) is 0 Å². The van der Waals surface area contributed by atoms with Gasteiger partial charge in [0.15, 0.2) is 0 Å². The lowest BCUT2D eigenvalue weighted by Crippen LogP contribution is -2.22. The first-order chi connectivity index (χ1) is 7.68. The van der Waals surface area contributed by atoms with Crippen LogP contribution < -0.4 is 11.1 Å². The molecule has 3 nitrogen and oxygen atoms in total. The lowest BCUT2D eigenvalue weighted by Gasteiger charge is -2.18. The van der Waals surface area contributed by atoms with Crippen LogP contribution in [-0.2, 0) is 0 Å². The van der Waals surface area contributed by atoms with Crippen LogP contribution in [-0.4, -0.2) is 17.8 Å². The fourth-order valence-electron chi connectivity index (χ4n) is 2.42. The summed E-state index contributed by atoms with van der Waals surface area (Å²) in [7, 11) is 0.